The van der Waals surface area contributed by atoms with Gasteiger partial charge in [-0.15, -0.1) is 0 Å². The van der Waals surface area contributed by atoms with Gasteiger partial charge in [-0.2, -0.15) is 0 Å². The normalized spacial score (nSPS) is 15.0. The van der Waals surface area contributed by atoms with E-state index >= 15 is 0 Å². The van der Waals surface area contributed by atoms with Gasteiger partial charge in [0.15, 0.2) is 0 Å². The lowest BCUT2D eigenvalue weighted by molar-refractivity contribution is -0.870. The van der Waals surface area contributed by atoms with Crippen LogP contribution in [0, 0.1) is 0 Å². The Morgan fingerprint density at radius 3 is 1.45 bits per heavy atom. The van der Waals surface area contributed by atoms with Crippen LogP contribution in [0.5, 0.6) is 0 Å². The number of amides is 1. The number of phosphoric ester groups is 1. The Balaban J connectivity index is 3.81. The molecule has 346 valence electrons. The summed E-state index contributed by atoms with van der Waals surface area (Å²) in [7, 11) is 1.29. The van der Waals surface area contributed by atoms with E-state index in [-0.39, 0.29) is 19.1 Å². The van der Waals surface area contributed by atoms with Crippen molar-refractivity contribution < 1.29 is 32.9 Å². The van der Waals surface area contributed by atoms with Gasteiger partial charge < -0.3 is 28.8 Å². The van der Waals surface area contributed by atoms with Crippen LogP contribution in [0.2, 0.25) is 0 Å². The molecule has 0 bridgehead atoms. The third kappa shape index (κ3) is 43.8. The Morgan fingerprint density at radius 2 is 1.02 bits per heavy atom. The van der Waals surface area contributed by atoms with Crippen LogP contribution in [-0.2, 0) is 18.4 Å². The van der Waals surface area contributed by atoms with E-state index in [1.165, 1.54) is 70.6 Å². The fraction of sp³-hybridized carbons (Fsp3) is 0.706. The molecule has 0 saturated heterocycles. The topological polar surface area (TPSA) is 108 Å². The Bertz CT molecular complexity index is 1250. The molecule has 3 atom stereocenters. The maximum absolute atomic E-state index is 12.7. The molecule has 0 aromatic heterocycles. The predicted molar refractivity (Wildman–Crippen MR) is 256 cm³/mol. The van der Waals surface area contributed by atoms with Crippen molar-refractivity contribution in [3.63, 3.8) is 0 Å². The molecule has 0 radical (unpaired) electrons. The second kappa shape index (κ2) is 42.0. The first-order chi connectivity index (χ1) is 29.0. The Kier molecular flexibility index (Phi) is 40.4. The molecule has 0 spiro atoms. The molecule has 9 heteroatoms. The molecule has 60 heavy (non-hydrogen) atoms. The van der Waals surface area contributed by atoms with Gasteiger partial charge in [-0.05, 0) is 70.6 Å². The summed E-state index contributed by atoms with van der Waals surface area (Å²) in [6.45, 7) is 4.41. The van der Waals surface area contributed by atoms with Crippen molar-refractivity contribution in [2.24, 2.45) is 0 Å². The standard InChI is InChI=1S/C51H91N2O6P/c1-6-8-10-11-12-13-14-15-16-17-18-19-20-21-22-23-24-25-26-27-28-29-30-31-32-33-34-35-36-37-38-39-40-41-43-45-51(55)52-49(50(54)44-42-9-7-2)48-59-60(56,57)58-47-46-53(3,4)5/h8,10,12-13,15-16,18-19,21-22,24-25,27-28,49-50,54H,6-7,9,11,14,17,20,23,26,29-48H2,1-5H3,(H-,52,55,56,57)/b10-8-,13-12-,16-15-,19-18-,22-21-,25-24-,28-27-. The molecule has 0 rings (SSSR count). The number of allylic oxidation sites excluding steroid dienone is 14. The van der Waals surface area contributed by atoms with Gasteiger partial charge in [-0.3, -0.25) is 9.36 Å². The van der Waals surface area contributed by atoms with Gasteiger partial charge in [0.1, 0.15) is 13.2 Å². The molecule has 0 aromatic carbocycles. The first-order valence-electron chi connectivity index (χ1n) is 23.9. The van der Waals surface area contributed by atoms with E-state index in [0.29, 0.717) is 23.9 Å². The SMILES string of the molecule is CC/C=C\C/C=C\C/C=C\C/C=C\C/C=C\C/C=C\C/C=C\CCCCCCCCCCCCCCCC(=O)NC(COP(=O)([O-])OCC[N+](C)(C)C)C(O)CCCCC. The average Bonchev–Trinajstić information content (AvgIpc) is 3.20. The maximum atomic E-state index is 12.7. The minimum absolute atomic E-state index is 0.00709. The van der Waals surface area contributed by atoms with Crippen molar-refractivity contribution in [2.75, 3.05) is 40.9 Å². The van der Waals surface area contributed by atoms with Gasteiger partial charge in [0.2, 0.25) is 5.91 Å². The minimum Gasteiger partial charge on any atom is -0.756 e. The molecule has 1 amide bonds. The quantitative estimate of drug-likeness (QED) is 0.0274. The number of carbonyl (C=O) groups excluding carboxylic acids is 1. The summed E-state index contributed by atoms with van der Waals surface area (Å²) in [5, 5.41) is 13.6. The monoisotopic (exact) mass is 859 g/mol. The van der Waals surface area contributed by atoms with Crippen LogP contribution in [0.1, 0.15) is 181 Å². The van der Waals surface area contributed by atoms with Crippen LogP contribution < -0.4 is 10.2 Å². The smallest absolute Gasteiger partial charge is 0.268 e. The summed E-state index contributed by atoms with van der Waals surface area (Å²) >= 11 is 0. The number of nitrogens with one attached hydrogen (secondary N) is 1. The summed E-state index contributed by atoms with van der Waals surface area (Å²) in [5.41, 5.74) is 0. The zero-order valence-corrected chi connectivity index (χ0v) is 40.0. The van der Waals surface area contributed by atoms with Crippen molar-refractivity contribution in [3.05, 3.63) is 85.1 Å². The van der Waals surface area contributed by atoms with E-state index in [0.717, 1.165) is 83.5 Å². The number of aliphatic hydroxyl groups excluding tert-OH is 1. The van der Waals surface area contributed by atoms with Gasteiger partial charge in [0, 0.05) is 6.42 Å². The second-order valence-electron chi connectivity index (χ2n) is 17.1. The summed E-state index contributed by atoms with van der Waals surface area (Å²) in [6, 6.07) is -0.800. The number of hydrogen-bond donors (Lipinski definition) is 2. The lowest BCUT2D eigenvalue weighted by Gasteiger charge is -2.30. The lowest BCUT2D eigenvalue weighted by atomic mass is 10.0. The van der Waals surface area contributed by atoms with Crippen LogP contribution in [0.3, 0.4) is 0 Å². The summed E-state index contributed by atoms with van der Waals surface area (Å²) in [4.78, 5) is 25.0. The van der Waals surface area contributed by atoms with E-state index in [9.17, 15) is 19.4 Å². The second-order valence-corrected chi connectivity index (χ2v) is 18.5. The van der Waals surface area contributed by atoms with Crippen LogP contribution in [0.15, 0.2) is 85.1 Å². The van der Waals surface area contributed by atoms with E-state index in [4.69, 9.17) is 9.05 Å². The third-order valence-corrected chi connectivity index (χ3v) is 11.1. The van der Waals surface area contributed by atoms with Gasteiger partial charge in [0.25, 0.3) is 7.82 Å². The van der Waals surface area contributed by atoms with Gasteiger partial charge in [0.05, 0.1) is 39.9 Å². The molecule has 0 aliphatic heterocycles. The number of nitrogens with zero attached hydrogens (tertiary/aromatic N) is 1. The van der Waals surface area contributed by atoms with Crippen LogP contribution in [0.25, 0.3) is 0 Å². The maximum Gasteiger partial charge on any atom is 0.268 e. The van der Waals surface area contributed by atoms with Crippen LogP contribution in [0.4, 0.5) is 0 Å². The molecular formula is C51H91N2O6P. The predicted octanol–water partition coefficient (Wildman–Crippen LogP) is 13.1. The lowest BCUT2D eigenvalue weighted by Crippen LogP contribution is -2.46. The largest absolute Gasteiger partial charge is 0.756 e. The number of carbonyl (C=O) groups is 1. The number of likely N-dealkylation sites (N-methyl/N-ethyl adjacent to an activating group) is 1. The molecule has 0 fully saturated rings. The number of aliphatic hydroxyl groups is 1. The summed E-state index contributed by atoms with van der Waals surface area (Å²) < 4.78 is 22.9. The van der Waals surface area contributed by atoms with Gasteiger partial charge >= 0.3 is 0 Å². The van der Waals surface area contributed by atoms with E-state index in [1.54, 1.807) is 0 Å². The highest BCUT2D eigenvalue weighted by atomic mass is 31.2. The number of hydrogen-bond acceptors (Lipinski definition) is 6. The molecule has 0 aliphatic rings. The molecule has 0 aromatic rings. The molecule has 0 heterocycles. The van der Waals surface area contributed by atoms with E-state index < -0.39 is 20.0 Å². The fourth-order valence-corrected chi connectivity index (χ4v) is 7.09. The van der Waals surface area contributed by atoms with Gasteiger partial charge in [-0.25, -0.2) is 0 Å². The zero-order chi connectivity index (χ0) is 44.3. The highest BCUT2D eigenvalue weighted by molar-refractivity contribution is 7.45. The highest BCUT2D eigenvalue weighted by Crippen LogP contribution is 2.38. The number of quaternary nitrogens is 1. The zero-order valence-electron chi connectivity index (χ0n) is 39.1. The Hall–Kier alpha value is -2.32. The highest BCUT2D eigenvalue weighted by Gasteiger charge is 2.24. The first kappa shape index (κ1) is 57.7. The van der Waals surface area contributed by atoms with Crippen molar-refractivity contribution in [1.82, 2.24) is 5.32 Å². The average molecular weight is 859 g/mol. The number of phosphoric acid groups is 1. The molecule has 8 nitrogen and oxygen atoms in total. The molecular weight excluding hydrogens is 768 g/mol. The van der Waals surface area contributed by atoms with Crippen LogP contribution >= 0.6 is 7.82 Å². The third-order valence-electron chi connectivity index (χ3n) is 10.1. The molecule has 3 unspecified atom stereocenters. The Morgan fingerprint density at radius 1 is 0.600 bits per heavy atom. The fourth-order valence-electron chi connectivity index (χ4n) is 6.37. The number of unbranched alkanes of at least 4 members (excludes halogenated alkanes) is 15. The first-order valence-corrected chi connectivity index (χ1v) is 25.4. The molecule has 0 saturated carbocycles. The summed E-state index contributed by atoms with van der Waals surface area (Å²) in [5.74, 6) is -0.182. The van der Waals surface area contributed by atoms with Crippen molar-refractivity contribution >= 4 is 13.7 Å². The van der Waals surface area contributed by atoms with Crippen molar-refractivity contribution in [2.45, 2.75) is 193 Å². The summed E-state index contributed by atoms with van der Waals surface area (Å²) in [6.07, 6.45) is 58.4. The van der Waals surface area contributed by atoms with Gasteiger partial charge in [-0.1, -0.05) is 189 Å². The van der Waals surface area contributed by atoms with Crippen molar-refractivity contribution in [1.29, 1.82) is 0 Å². The molecule has 0 aliphatic carbocycles. The van der Waals surface area contributed by atoms with Crippen molar-refractivity contribution in [3.8, 4) is 0 Å². The Labute approximate surface area is 369 Å². The van der Waals surface area contributed by atoms with E-state index in [1.807, 2.05) is 21.1 Å². The molecule has 2 N–H and O–H groups in total. The van der Waals surface area contributed by atoms with Crippen LogP contribution in [-0.4, -0.2) is 68.5 Å². The van der Waals surface area contributed by atoms with E-state index in [2.05, 4.69) is 104 Å². The number of rotatable bonds is 42. The minimum atomic E-state index is -4.54.